The Kier molecular flexibility index (Phi) is 2.97. The molecule has 0 amide bonds. The number of aromatic amines is 1. The summed E-state index contributed by atoms with van der Waals surface area (Å²) in [5.41, 5.74) is 3.60. The Morgan fingerprint density at radius 1 is 1.24 bits per heavy atom. The zero-order valence-corrected chi connectivity index (χ0v) is 10.3. The average Bonchev–Trinajstić information content (AvgIpc) is 2.70. The minimum absolute atomic E-state index is 0.466. The van der Waals surface area contributed by atoms with Gasteiger partial charge in [-0.15, -0.1) is 0 Å². The highest BCUT2D eigenvalue weighted by atomic mass is 14.9. The Labute approximate surface area is 101 Å². The second-order valence-electron chi connectivity index (χ2n) is 4.45. The molecule has 1 aromatic carbocycles. The summed E-state index contributed by atoms with van der Waals surface area (Å²) in [6.07, 6.45) is 0. The second kappa shape index (κ2) is 4.42. The molecule has 0 saturated carbocycles. The summed E-state index contributed by atoms with van der Waals surface area (Å²) in [5, 5.41) is 8.86. The van der Waals surface area contributed by atoms with Crippen LogP contribution in [-0.4, -0.2) is 9.97 Å². The SMILES string of the molecule is Cc1[nH]c(-c2ccc(C(C)C)cc2)nc1C#N. The summed E-state index contributed by atoms with van der Waals surface area (Å²) in [4.78, 5) is 7.38. The topological polar surface area (TPSA) is 52.5 Å². The van der Waals surface area contributed by atoms with Crippen molar-refractivity contribution in [3.63, 3.8) is 0 Å². The molecule has 0 aliphatic heterocycles. The normalized spacial score (nSPS) is 10.5. The van der Waals surface area contributed by atoms with Crippen molar-refractivity contribution in [2.24, 2.45) is 0 Å². The van der Waals surface area contributed by atoms with E-state index in [2.05, 4.69) is 42.0 Å². The average molecular weight is 225 g/mol. The Morgan fingerprint density at radius 3 is 2.35 bits per heavy atom. The smallest absolute Gasteiger partial charge is 0.161 e. The van der Waals surface area contributed by atoms with Crippen LogP contribution in [0.2, 0.25) is 0 Å². The molecule has 0 radical (unpaired) electrons. The van der Waals surface area contributed by atoms with Gasteiger partial charge in [0.25, 0.3) is 0 Å². The number of H-pyrrole nitrogens is 1. The van der Waals surface area contributed by atoms with E-state index in [0.717, 1.165) is 17.1 Å². The largest absolute Gasteiger partial charge is 0.341 e. The number of hydrogen-bond donors (Lipinski definition) is 1. The van der Waals surface area contributed by atoms with Crippen molar-refractivity contribution in [3.8, 4) is 17.5 Å². The van der Waals surface area contributed by atoms with E-state index in [1.807, 2.05) is 19.1 Å². The van der Waals surface area contributed by atoms with Gasteiger partial charge in [-0.05, 0) is 18.4 Å². The van der Waals surface area contributed by atoms with E-state index in [0.29, 0.717) is 11.6 Å². The van der Waals surface area contributed by atoms with Crippen LogP contribution in [0.4, 0.5) is 0 Å². The van der Waals surface area contributed by atoms with Crippen molar-refractivity contribution >= 4 is 0 Å². The first kappa shape index (κ1) is 11.4. The number of nitrogens with one attached hydrogen (secondary N) is 1. The van der Waals surface area contributed by atoms with Crippen molar-refractivity contribution in [1.29, 1.82) is 5.26 Å². The maximum atomic E-state index is 8.86. The molecule has 2 aromatic rings. The molecule has 1 heterocycles. The molecule has 0 saturated heterocycles. The number of rotatable bonds is 2. The zero-order valence-electron chi connectivity index (χ0n) is 10.3. The Morgan fingerprint density at radius 2 is 1.88 bits per heavy atom. The van der Waals surface area contributed by atoms with Gasteiger partial charge in [-0.25, -0.2) is 4.98 Å². The molecule has 3 nitrogen and oxygen atoms in total. The fourth-order valence-corrected chi connectivity index (χ4v) is 1.73. The predicted molar refractivity (Wildman–Crippen MR) is 67.6 cm³/mol. The van der Waals surface area contributed by atoms with Crippen molar-refractivity contribution in [2.45, 2.75) is 26.7 Å². The van der Waals surface area contributed by atoms with Gasteiger partial charge in [0.15, 0.2) is 5.69 Å². The maximum absolute atomic E-state index is 8.86. The van der Waals surface area contributed by atoms with Crippen LogP contribution in [-0.2, 0) is 0 Å². The molecule has 17 heavy (non-hydrogen) atoms. The highest BCUT2D eigenvalue weighted by molar-refractivity contribution is 5.57. The molecule has 0 bridgehead atoms. The number of nitriles is 1. The first-order valence-corrected chi connectivity index (χ1v) is 5.69. The van der Waals surface area contributed by atoms with Crippen LogP contribution in [0, 0.1) is 18.3 Å². The molecule has 1 N–H and O–H groups in total. The second-order valence-corrected chi connectivity index (χ2v) is 4.45. The lowest BCUT2D eigenvalue weighted by atomic mass is 10.0. The Hall–Kier alpha value is -2.08. The number of imidazole rings is 1. The molecular formula is C14H15N3. The monoisotopic (exact) mass is 225 g/mol. The lowest BCUT2D eigenvalue weighted by Gasteiger charge is -2.05. The number of hydrogen-bond acceptors (Lipinski definition) is 2. The van der Waals surface area contributed by atoms with Crippen LogP contribution in [0.5, 0.6) is 0 Å². The molecule has 0 spiro atoms. The predicted octanol–water partition coefficient (Wildman–Crippen LogP) is 3.38. The van der Waals surface area contributed by atoms with Gasteiger partial charge in [-0.3, -0.25) is 0 Å². The fraction of sp³-hybridized carbons (Fsp3) is 0.286. The van der Waals surface area contributed by atoms with E-state index < -0.39 is 0 Å². The fourth-order valence-electron chi connectivity index (χ4n) is 1.73. The minimum Gasteiger partial charge on any atom is -0.341 e. The third-order valence-corrected chi connectivity index (χ3v) is 2.84. The van der Waals surface area contributed by atoms with Gasteiger partial charge in [0.1, 0.15) is 11.9 Å². The molecular weight excluding hydrogens is 210 g/mol. The van der Waals surface area contributed by atoms with Crippen LogP contribution in [0.15, 0.2) is 24.3 Å². The zero-order chi connectivity index (χ0) is 12.4. The molecule has 0 atom stereocenters. The van der Waals surface area contributed by atoms with Gasteiger partial charge in [0.05, 0.1) is 5.69 Å². The molecule has 0 fully saturated rings. The standard InChI is InChI=1S/C14H15N3/c1-9(2)11-4-6-12(7-5-11)14-16-10(3)13(8-15)17-14/h4-7,9H,1-3H3,(H,16,17). The third kappa shape index (κ3) is 2.21. The van der Waals surface area contributed by atoms with Crippen molar-refractivity contribution in [2.75, 3.05) is 0 Å². The van der Waals surface area contributed by atoms with Crippen LogP contribution >= 0.6 is 0 Å². The molecule has 0 unspecified atom stereocenters. The summed E-state index contributed by atoms with van der Waals surface area (Å²) in [6, 6.07) is 10.3. The van der Waals surface area contributed by atoms with E-state index in [-0.39, 0.29) is 0 Å². The minimum atomic E-state index is 0.466. The van der Waals surface area contributed by atoms with Gasteiger partial charge in [0, 0.05) is 5.56 Å². The highest BCUT2D eigenvalue weighted by Crippen LogP contribution is 2.21. The maximum Gasteiger partial charge on any atom is 0.161 e. The van der Waals surface area contributed by atoms with Crippen molar-refractivity contribution < 1.29 is 0 Å². The molecule has 3 heteroatoms. The summed E-state index contributed by atoms with van der Waals surface area (Å²) < 4.78 is 0. The van der Waals surface area contributed by atoms with Gasteiger partial charge in [-0.2, -0.15) is 5.26 Å². The first-order chi connectivity index (χ1) is 8.11. The van der Waals surface area contributed by atoms with E-state index in [1.54, 1.807) is 0 Å². The van der Waals surface area contributed by atoms with Crippen molar-refractivity contribution in [1.82, 2.24) is 9.97 Å². The van der Waals surface area contributed by atoms with Crippen LogP contribution in [0.1, 0.15) is 36.7 Å². The van der Waals surface area contributed by atoms with Gasteiger partial charge in [0.2, 0.25) is 0 Å². The number of nitrogens with zero attached hydrogens (tertiary/aromatic N) is 2. The van der Waals surface area contributed by atoms with Gasteiger partial charge in [-0.1, -0.05) is 38.1 Å². The molecule has 0 aliphatic rings. The quantitative estimate of drug-likeness (QED) is 0.851. The molecule has 2 rings (SSSR count). The van der Waals surface area contributed by atoms with Crippen LogP contribution in [0.3, 0.4) is 0 Å². The summed E-state index contributed by atoms with van der Waals surface area (Å²) in [6.45, 7) is 6.19. The molecule has 1 aromatic heterocycles. The summed E-state index contributed by atoms with van der Waals surface area (Å²) >= 11 is 0. The van der Waals surface area contributed by atoms with Crippen LogP contribution < -0.4 is 0 Å². The summed E-state index contributed by atoms with van der Waals surface area (Å²) in [7, 11) is 0. The van der Waals surface area contributed by atoms with Crippen LogP contribution in [0.25, 0.3) is 11.4 Å². The van der Waals surface area contributed by atoms with Gasteiger partial charge >= 0.3 is 0 Å². The highest BCUT2D eigenvalue weighted by Gasteiger charge is 2.08. The Bertz CT molecular complexity index is 556. The molecule has 86 valence electrons. The Balaban J connectivity index is 2.37. The third-order valence-electron chi connectivity index (χ3n) is 2.84. The van der Waals surface area contributed by atoms with E-state index >= 15 is 0 Å². The van der Waals surface area contributed by atoms with E-state index in [1.165, 1.54) is 5.56 Å². The number of aromatic nitrogens is 2. The van der Waals surface area contributed by atoms with Crippen molar-refractivity contribution in [3.05, 3.63) is 41.2 Å². The number of benzene rings is 1. The summed E-state index contributed by atoms with van der Waals surface area (Å²) in [5.74, 6) is 1.28. The van der Waals surface area contributed by atoms with E-state index in [9.17, 15) is 0 Å². The lowest BCUT2D eigenvalue weighted by Crippen LogP contribution is -1.87. The first-order valence-electron chi connectivity index (χ1n) is 5.69. The molecule has 0 aliphatic carbocycles. The van der Waals surface area contributed by atoms with Gasteiger partial charge < -0.3 is 4.98 Å². The lowest BCUT2D eigenvalue weighted by molar-refractivity contribution is 0.867. The van der Waals surface area contributed by atoms with E-state index in [4.69, 9.17) is 5.26 Å². The number of aryl methyl sites for hydroxylation is 1.